The molecule has 0 aliphatic carbocycles. The molecule has 0 aromatic carbocycles. The Morgan fingerprint density at radius 3 is 2.55 bits per heavy atom. The molecule has 0 bridgehead atoms. The van der Waals surface area contributed by atoms with Crippen LogP contribution in [0.1, 0.15) is 46.0 Å². The van der Waals surface area contributed by atoms with E-state index >= 15 is 0 Å². The van der Waals surface area contributed by atoms with Crippen LogP contribution in [0.3, 0.4) is 0 Å². The Hall–Kier alpha value is -1.10. The minimum absolute atomic E-state index is 0.0123. The van der Waals surface area contributed by atoms with Gasteiger partial charge in [0.2, 0.25) is 5.91 Å². The highest BCUT2D eigenvalue weighted by molar-refractivity contribution is 5.87. The van der Waals surface area contributed by atoms with Crippen molar-refractivity contribution >= 4 is 11.9 Å². The average molecular weight is 282 g/mol. The van der Waals surface area contributed by atoms with Crippen molar-refractivity contribution < 1.29 is 14.7 Å². The second-order valence-corrected chi connectivity index (χ2v) is 6.61. The first kappa shape index (κ1) is 15.3. The Bertz CT molecular complexity index is 375. The van der Waals surface area contributed by atoms with Gasteiger partial charge in [-0.25, -0.2) is 4.79 Å². The van der Waals surface area contributed by atoms with E-state index in [1.807, 2.05) is 13.8 Å². The van der Waals surface area contributed by atoms with Gasteiger partial charge >= 0.3 is 5.97 Å². The van der Waals surface area contributed by atoms with Crippen LogP contribution in [0.4, 0.5) is 0 Å². The van der Waals surface area contributed by atoms with Gasteiger partial charge in [0.25, 0.3) is 0 Å². The minimum atomic E-state index is -0.865. The summed E-state index contributed by atoms with van der Waals surface area (Å²) in [6.45, 7) is 6.40. The van der Waals surface area contributed by atoms with E-state index in [0.717, 1.165) is 38.8 Å². The highest BCUT2D eigenvalue weighted by Gasteiger charge is 2.43. The molecule has 2 aliphatic rings. The molecule has 20 heavy (non-hydrogen) atoms. The van der Waals surface area contributed by atoms with Crippen LogP contribution in [0.2, 0.25) is 0 Å². The van der Waals surface area contributed by atoms with E-state index in [-0.39, 0.29) is 5.91 Å². The van der Waals surface area contributed by atoms with Gasteiger partial charge in [-0.05, 0) is 51.1 Å². The van der Waals surface area contributed by atoms with Crippen LogP contribution in [0.25, 0.3) is 0 Å². The number of piperidine rings is 2. The molecule has 0 spiro atoms. The molecule has 2 saturated heterocycles. The van der Waals surface area contributed by atoms with Gasteiger partial charge in [0.15, 0.2) is 0 Å². The molecule has 0 aromatic rings. The van der Waals surface area contributed by atoms with E-state index in [1.165, 1.54) is 0 Å². The average Bonchev–Trinajstić information content (AvgIpc) is 2.47. The molecule has 114 valence electrons. The van der Waals surface area contributed by atoms with Crippen molar-refractivity contribution in [2.45, 2.75) is 52.0 Å². The topological polar surface area (TPSA) is 69.6 Å². The lowest BCUT2D eigenvalue weighted by Gasteiger charge is -2.42. The van der Waals surface area contributed by atoms with Gasteiger partial charge in [-0.2, -0.15) is 0 Å². The molecule has 2 unspecified atom stereocenters. The summed E-state index contributed by atoms with van der Waals surface area (Å²) in [7, 11) is 0. The predicted octanol–water partition coefficient (Wildman–Crippen LogP) is 1.48. The normalized spacial score (nSPS) is 28.2. The molecule has 2 aliphatic heterocycles. The molecule has 2 heterocycles. The van der Waals surface area contributed by atoms with Gasteiger partial charge in [0.1, 0.15) is 6.04 Å². The molecule has 5 heteroatoms. The highest BCUT2D eigenvalue weighted by Crippen LogP contribution is 2.35. The van der Waals surface area contributed by atoms with Gasteiger partial charge in [-0.1, -0.05) is 13.8 Å². The van der Waals surface area contributed by atoms with E-state index in [2.05, 4.69) is 5.32 Å². The third-order valence-electron chi connectivity index (χ3n) is 4.92. The molecule has 1 amide bonds. The van der Waals surface area contributed by atoms with E-state index < -0.39 is 17.4 Å². The Morgan fingerprint density at radius 1 is 1.20 bits per heavy atom. The predicted molar refractivity (Wildman–Crippen MR) is 76.4 cm³/mol. The summed E-state index contributed by atoms with van der Waals surface area (Å²) in [4.78, 5) is 25.8. The lowest BCUT2D eigenvalue weighted by Crippen LogP contribution is -2.55. The number of carbonyl (C=O) groups is 2. The quantitative estimate of drug-likeness (QED) is 0.822. The fraction of sp³-hybridized carbons (Fsp3) is 0.867. The van der Waals surface area contributed by atoms with Crippen LogP contribution in [0.15, 0.2) is 0 Å². The summed E-state index contributed by atoms with van der Waals surface area (Å²) in [5, 5.41) is 12.7. The first-order valence-electron chi connectivity index (χ1n) is 7.69. The zero-order chi connectivity index (χ0) is 14.8. The van der Waals surface area contributed by atoms with Crippen molar-refractivity contribution in [3.05, 3.63) is 0 Å². The fourth-order valence-corrected chi connectivity index (χ4v) is 3.44. The summed E-state index contributed by atoms with van der Waals surface area (Å²) >= 11 is 0. The van der Waals surface area contributed by atoms with Gasteiger partial charge in [-0.3, -0.25) is 4.79 Å². The minimum Gasteiger partial charge on any atom is -0.480 e. The molecule has 2 N–H and O–H groups in total. The van der Waals surface area contributed by atoms with E-state index in [9.17, 15) is 14.7 Å². The van der Waals surface area contributed by atoms with Crippen molar-refractivity contribution in [3.63, 3.8) is 0 Å². The number of carbonyl (C=O) groups excluding carboxylic acids is 1. The zero-order valence-electron chi connectivity index (χ0n) is 12.5. The number of hydrogen-bond donors (Lipinski definition) is 2. The Labute approximate surface area is 120 Å². The number of likely N-dealkylation sites (tertiary alicyclic amines) is 1. The molecule has 0 aromatic heterocycles. The lowest BCUT2D eigenvalue weighted by molar-refractivity contribution is -0.158. The summed E-state index contributed by atoms with van der Waals surface area (Å²) in [6.07, 6.45) is 4.52. The lowest BCUT2D eigenvalue weighted by atomic mass is 9.73. The van der Waals surface area contributed by atoms with Crippen molar-refractivity contribution in [1.82, 2.24) is 10.2 Å². The second-order valence-electron chi connectivity index (χ2n) is 6.61. The largest absolute Gasteiger partial charge is 0.480 e. The van der Waals surface area contributed by atoms with Crippen LogP contribution in [0, 0.1) is 11.3 Å². The van der Waals surface area contributed by atoms with Crippen molar-refractivity contribution in [2.75, 3.05) is 19.6 Å². The molecular weight excluding hydrogens is 256 g/mol. The molecule has 2 atom stereocenters. The van der Waals surface area contributed by atoms with Gasteiger partial charge in [-0.15, -0.1) is 0 Å². The molecular formula is C15H26N2O3. The molecule has 0 saturated carbocycles. The number of nitrogens with zero attached hydrogens (tertiary/aromatic N) is 1. The number of carboxylic acid groups (broad SMARTS) is 1. The van der Waals surface area contributed by atoms with Crippen molar-refractivity contribution in [1.29, 1.82) is 0 Å². The zero-order valence-corrected chi connectivity index (χ0v) is 12.5. The highest BCUT2D eigenvalue weighted by atomic mass is 16.4. The smallest absolute Gasteiger partial charge is 0.326 e. The third kappa shape index (κ3) is 2.97. The number of carboxylic acids is 1. The summed E-state index contributed by atoms with van der Waals surface area (Å²) in [6, 6.07) is -0.632. The molecule has 2 rings (SSSR count). The maximum Gasteiger partial charge on any atom is 0.326 e. The number of amides is 1. The number of nitrogens with one attached hydrogen (secondary N) is 1. The standard InChI is InChI=1S/C15H26N2O3/c1-15(2,11-6-5-8-16-10-11)14(20)17-9-4-3-7-12(17)13(18)19/h11-12,16H,3-10H2,1-2H3,(H,18,19). The van der Waals surface area contributed by atoms with Crippen molar-refractivity contribution in [2.24, 2.45) is 11.3 Å². The van der Waals surface area contributed by atoms with E-state index in [0.29, 0.717) is 18.9 Å². The number of aliphatic carboxylic acids is 1. The van der Waals surface area contributed by atoms with Crippen LogP contribution >= 0.6 is 0 Å². The Balaban J connectivity index is 2.12. The fourth-order valence-electron chi connectivity index (χ4n) is 3.44. The van der Waals surface area contributed by atoms with Crippen LogP contribution in [0.5, 0.6) is 0 Å². The second kappa shape index (κ2) is 6.12. The monoisotopic (exact) mass is 282 g/mol. The van der Waals surface area contributed by atoms with E-state index in [4.69, 9.17) is 0 Å². The van der Waals surface area contributed by atoms with Crippen molar-refractivity contribution in [3.8, 4) is 0 Å². The summed E-state index contributed by atoms with van der Waals surface area (Å²) in [5.74, 6) is -0.561. The first-order chi connectivity index (χ1) is 9.44. The number of rotatable bonds is 3. The van der Waals surface area contributed by atoms with E-state index in [1.54, 1.807) is 4.90 Å². The van der Waals surface area contributed by atoms with Gasteiger partial charge in [0.05, 0.1) is 0 Å². The van der Waals surface area contributed by atoms with Crippen LogP contribution < -0.4 is 5.32 Å². The Morgan fingerprint density at radius 2 is 1.95 bits per heavy atom. The van der Waals surface area contributed by atoms with Gasteiger partial charge < -0.3 is 15.3 Å². The van der Waals surface area contributed by atoms with Gasteiger partial charge in [0, 0.05) is 12.0 Å². The third-order valence-corrected chi connectivity index (χ3v) is 4.92. The Kier molecular flexibility index (Phi) is 4.68. The van der Waals surface area contributed by atoms with Crippen LogP contribution in [-0.2, 0) is 9.59 Å². The molecule has 0 radical (unpaired) electrons. The maximum absolute atomic E-state index is 12.9. The summed E-state index contributed by atoms with van der Waals surface area (Å²) < 4.78 is 0. The first-order valence-corrected chi connectivity index (χ1v) is 7.69. The molecule has 5 nitrogen and oxygen atoms in total. The maximum atomic E-state index is 12.9. The number of hydrogen-bond acceptors (Lipinski definition) is 3. The van der Waals surface area contributed by atoms with Crippen LogP contribution in [-0.4, -0.2) is 47.6 Å². The summed E-state index contributed by atoms with van der Waals surface area (Å²) in [5.41, 5.74) is -0.488. The SMILES string of the molecule is CC(C)(C(=O)N1CCCCC1C(=O)O)C1CCCNC1. The molecule has 2 fully saturated rings.